The maximum atomic E-state index is 2.41. The third-order valence-electron chi connectivity index (χ3n) is 11.5. The molecule has 1 aromatic heterocycles. The molecule has 0 spiro atoms. The van der Waals surface area contributed by atoms with Crippen LogP contribution in [0, 0.1) is 20.8 Å². The molecule has 10 aromatic rings. The van der Waals surface area contributed by atoms with Gasteiger partial charge in [0.2, 0.25) is 0 Å². The molecule has 0 unspecified atom stereocenters. The number of fused-ring (bicyclic) bond motifs is 3. The molecule has 294 valence electrons. The van der Waals surface area contributed by atoms with Gasteiger partial charge in [0.1, 0.15) is 0 Å². The first kappa shape index (κ1) is 37.5. The number of benzene rings is 9. The van der Waals surface area contributed by atoms with Crippen molar-refractivity contribution < 1.29 is 0 Å². The van der Waals surface area contributed by atoms with Crippen LogP contribution in [0.4, 0.5) is 51.2 Å². The lowest BCUT2D eigenvalue weighted by Gasteiger charge is -2.26. The minimum absolute atomic E-state index is 1.09. The first-order valence-corrected chi connectivity index (χ1v) is 20.9. The number of hydrogen-bond acceptors (Lipinski definition) is 3. The van der Waals surface area contributed by atoms with E-state index in [0.29, 0.717) is 0 Å². The molecule has 0 aliphatic heterocycles. The van der Waals surface area contributed by atoms with Crippen molar-refractivity contribution in [2.75, 3.05) is 14.7 Å². The molecule has 0 aliphatic carbocycles. The lowest BCUT2D eigenvalue weighted by Crippen LogP contribution is -2.10. The standard InChI is InChI=1S/C57H46N4/c1-41-19-25-47(26-20-41)58(44-13-7-4-8-14-44)50-31-33-51(34-32-50)61-56-37-35-52(59(45-15-9-5-10-16-45)48-27-21-42(2)22-28-48)39-54(56)55-40-53(36-38-57(55)61)60(46-17-11-6-12-18-46)49-29-23-43(3)24-30-49/h4-40H,1-3H3. The average Bonchev–Trinajstić information content (AvgIpc) is 3.63. The molecule has 0 amide bonds. The molecule has 1 heterocycles. The van der Waals surface area contributed by atoms with Gasteiger partial charge in [0.15, 0.2) is 0 Å². The Kier molecular flexibility index (Phi) is 9.88. The highest BCUT2D eigenvalue weighted by Gasteiger charge is 2.21. The Hall–Kier alpha value is -7.82. The van der Waals surface area contributed by atoms with E-state index < -0.39 is 0 Å². The summed E-state index contributed by atoms with van der Waals surface area (Å²) in [7, 11) is 0. The van der Waals surface area contributed by atoms with Gasteiger partial charge in [-0.05, 0) is 154 Å². The van der Waals surface area contributed by atoms with Crippen molar-refractivity contribution in [2.24, 2.45) is 0 Å². The summed E-state index contributed by atoms with van der Waals surface area (Å²) >= 11 is 0. The topological polar surface area (TPSA) is 14.7 Å². The molecule has 0 saturated heterocycles. The maximum absolute atomic E-state index is 2.41. The monoisotopic (exact) mass is 786 g/mol. The summed E-state index contributed by atoms with van der Waals surface area (Å²) < 4.78 is 2.41. The third-order valence-corrected chi connectivity index (χ3v) is 11.5. The quantitative estimate of drug-likeness (QED) is 0.137. The van der Waals surface area contributed by atoms with Gasteiger partial charge < -0.3 is 19.3 Å². The van der Waals surface area contributed by atoms with Crippen LogP contribution in [0.25, 0.3) is 27.5 Å². The zero-order valence-electron chi connectivity index (χ0n) is 34.7. The predicted molar refractivity (Wildman–Crippen MR) is 259 cm³/mol. The molecule has 4 nitrogen and oxygen atoms in total. The summed E-state index contributed by atoms with van der Waals surface area (Å²) in [6.45, 7) is 6.41. The van der Waals surface area contributed by atoms with E-state index in [1.807, 2.05) is 0 Å². The smallest absolute Gasteiger partial charge is 0.0542 e. The summed E-state index contributed by atoms with van der Waals surface area (Å²) in [5.74, 6) is 0. The molecule has 10 rings (SSSR count). The second kappa shape index (κ2) is 16.1. The van der Waals surface area contributed by atoms with Gasteiger partial charge in [-0.2, -0.15) is 0 Å². The highest BCUT2D eigenvalue weighted by Crippen LogP contribution is 2.43. The van der Waals surface area contributed by atoms with Gasteiger partial charge in [-0.1, -0.05) is 108 Å². The summed E-state index contributed by atoms with van der Waals surface area (Å²) in [6.07, 6.45) is 0. The normalized spacial score (nSPS) is 11.2. The number of anilines is 9. The SMILES string of the molecule is Cc1ccc(N(c2ccccc2)c2ccc(-n3c4ccc(N(c5ccccc5)c5ccc(C)cc5)cc4c4cc(N(c5ccccc5)c5ccc(C)cc5)ccc43)cc2)cc1. The Labute approximate surface area is 358 Å². The molecule has 0 fully saturated rings. The number of nitrogens with zero attached hydrogens (tertiary/aromatic N) is 4. The van der Waals surface area contributed by atoms with Gasteiger partial charge in [-0.25, -0.2) is 0 Å². The molecule has 0 saturated carbocycles. The molecule has 4 heteroatoms. The van der Waals surface area contributed by atoms with Gasteiger partial charge in [-0.3, -0.25) is 0 Å². The summed E-state index contributed by atoms with van der Waals surface area (Å²) in [6, 6.07) is 81.1. The van der Waals surface area contributed by atoms with Crippen molar-refractivity contribution in [1.29, 1.82) is 0 Å². The van der Waals surface area contributed by atoms with Crippen molar-refractivity contribution in [3.8, 4) is 5.69 Å². The van der Waals surface area contributed by atoms with Crippen molar-refractivity contribution in [2.45, 2.75) is 20.8 Å². The van der Waals surface area contributed by atoms with Gasteiger partial charge in [0.05, 0.1) is 11.0 Å². The lowest BCUT2D eigenvalue weighted by atomic mass is 10.1. The van der Waals surface area contributed by atoms with Crippen LogP contribution in [0.15, 0.2) is 224 Å². The Bertz CT molecular complexity index is 2920. The zero-order chi connectivity index (χ0) is 41.3. The number of hydrogen-bond donors (Lipinski definition) is 0. The molecule has 9 aromatic carbocycles. The van der Waals surface area contributed by atoms with E-state index in [1.165, 1.54) is 27.5 Å². The molecule has 0 atom stereocenters. The second-order valence-corrected chi connectivity index (χ2v) is 15.8. The Morgan fingerprint density at radius 1 is 0.262 bits per heavy atom. The molecule has 0 N–H and O–H groups in total. The fourth-order valence-corrected chi connectivity index (χ4v) is 8.46. The fraction of sp³-hybridized carbons (Fsp3) is 0.0526. The number of para-hydroxylation sites is 3. The van der Waals surface area contributed by atoms with E-state index in [0.717, 1.165) is 67.9 Å². The molecule has 0 bridgehead atoms. The number of aryl methyl sites for hydroxylation is 3. The molecule has 0 radical (unpaired) electrons. The third kappa shape index (κ3) is 7.30. The predicted octanol–water partition coefficient (Wildman–Crippen LogP) is 16.1. The van der Waals surface area contributed by atoms with E-state index in [-0.39, 0.29) is 0 Å². The van der Waals surface area contributed by atoms with E-state index in [4.69, 9.17) is 0 Å². The minimum atomic E-state index is 1.09. The van der Waals surface area contributed by atoms with Gasteiger partial charge in [-0.15, -0.1) is 0 Å². The van der Waals surface area contributed by atoms with Crippen LogP contribution in [0.1, 0.15) is 16.7 Å². The average molecular weight is 787 g/mol. The van der Waals surface area contributed by atoms with Crippen molar-refractivity contribution in [3.05, 3.63) is 241 Å². The van der Waals surface area contributed by atoms with Crippen LogP contribution in [-0.2, 0) is 0 Å². The highest BCUT2D eigenvalue weighted by atomic mass is 15.2. The Morgan fingerprint density at radius 2 is 0.525 bits per heavy atom. The van der Waals surface area contributed by atoms with Crippen LogP contribution in [0.2, 0.25) is 0 Å². The summed E-state index contributed by atoms with van der Waals surface area (Å²) in [5, 5.41) is 2.35. The Balaban J connectivity index is 1.17. The first-order chi connectivity index (χ1) is 30.0. The second-order valence-electron chi connectivity index (χ2n) is 15.8. The van der Waals surface area contributed by atoms with Crippen LogP contribution in [0.5, 0.6) is 0 Å². The molecular weight excluding hydrogens is 741 g/mol. The molecular formula is C57H46N4. The van der Waals surface area contributed by atoms with E-state index in [1.54, 1.807) is 0 Å². The molecule has 0 aliphatic rings. The van der Waals surface area contributed by atoms with Crippen LogP contribution >= 0.6 is 0 Å². The summed E-state index contributed by atoms with van der Waals surface area (Å²) in [4.78, 5) is 7.03. The van der Waals surface area contributed by atoms with Gasteiger partial charge in [0, 0.05) is 67.6 Å². The summed E-state index contributed by atoms with van der Waals surface area (Å²) in [5.41, 5.74) is 17.0. The largest absolute Gasteiger partial charge is 0.311 e. The van der Waals surface area contributed by atoms with Crippen molar-refractivity contribution >= 4 is 73.0 Å². The van der Waals surface area contributed by atoms with Crippen LogP contribution in [-0.4, -0.2) is 4.57 Å². The van der Waals surface area contributed by atoms with E-state index in [9.17, 15) is 0 Å². The van der Waals surface area contributed by atoms with Crippen LogP contribution < -0.4 is 14.7 Å². The maximum Gasteiger partial charge on any atom is 0.0542 e. The minimum Gasteiger partial charge on any atom is -0.311 e. The highest BCUT2D eigenvalue weighted by molar-refractivity contribution is 6.12. The van der Waals surface area contributed by atoms with Crippen LogP contribution in [0.3, 0.4) is 0 Å². The van der Waals surface area contributed by atoms with Crippen molar-refractivity contribution in [3.63, 3.8) is 0 Å². The molecule has 61 heavy (non-hydrogen) atoms. The number of rotatable bonds is 10. The van der Waals surface area contributed by atoms with E-state index >= 15 is 0 Å². The first-order valence-electron chi connectivity index (χ1n) is 20.9. The zero-order valence-corrected chi connectivity index (χ0v) is 34.7. The Morgan fingerprint density at radius 3 is 0.852 bits per heavy atom. The lowest BCUT2D eigenvalue weighted by molar-refractivity contribution is 1.17. The van der Waals surface area contributed by atoms with E-state index in [2.05, 4.69) is 264 Å². The fourth-order valence-electron chi connectivity index (χ4n) is 8.46. The van der Waals surface area contributed by atoms with Gasteiger partial charge >= 0.3 is 0 Å². The van der Waals surface area contributed by atoms with Crippen molar-refractivity contribution in [1.82, 2.24) is 4.57 Å². The van der Waals surface area contributed by atoms with Gasteiger partial charge in [0.25, 0.3) is 0 Å². The number of aromatic nitrogens is 1.